The van der Waals surface area contributed by atoms with Crippen molar-refractivity contribution in [3.05, 3.63) is 44.2 Å². The maximum absolute atomic E-state index is 13.4. The van der Waals surface area contributed by atoms with Crippen LogP contribution in [0.5, 0.6) is 0 Å². The summed E-state index contributed by atoms with van der Waals surface area (Å²) in [7, 11) is 1.49. The number of fused-ring (bicyclic) bond motifs is 1. The Balaban J connectivity index is 3.11. The molecular weight excluding hydrogens is 335 g/mol. The van der Waals surface area contributed by atoms with Crippen molar-refractivity contribution >= 4 is 26.8 Å². The molecule has 0 aliphatic heterocycles. The molecule has 2 aromatic rings. The van der Waals surface area contributed by atoms with Gasteiger partial charge in [0.15, 0.2) is 0 Å². The zero-order valence-corrected chi connectivity index (χ0v) is 12.8. The van der Waals surface area contributed by atoms with Crippen LogP contribution < -0.4 is 5.56 Å². The molecule has 0 aliphatic rings. The third-order valence-corrected chi connectivity index (χ3v) is 3.75. The SMILES string of the molecule is CC(C)c1c(C(F)(F)F)c2cc(Br)ccc2n(C)c1=O. The molecule has 6 heteroatoms. The Kier molecular flexibility index (Phi) is 3.71. The summed E-state index contributed by atoms with van der Waals surface area (Å²) >= 11 is 3.18. The second-order valence-electron chi connectivity index (χ2n) is 4.97. The van der Waals surface area contributed by atoms with Crippen LogP contribution in [0.25, 0.3) is 10.9 Å². The van der Waals surface area contributed by atoms with Gasteiger partial charge < -0.3 is 4.57 Å². The lowest BCUT2D eigenvalue weighted by Gasteiger charge is -2.19. The Bertz CT molecular complexity index is 732. The number of hydrogen-bond donors (Lipinski definition) is 0. The standard InChI is InChI=1S/C14H13BrF3NO/c1-7(2)11-12(14(16,17)18)9-6-8(15)4-5-10(9)19(3)13(11)20/h4-7H,1-3H3. The van der Waals surface area contributed by atoms with Crippen molar-refractivity contribution in [2.24, 2.45) is 7.05 Å². The van der Waals surface area contributed by atoms with Crippen molar-refractivity contribution in [1.82, 2.24) is 4.57 Å². The van der Waals surface area contributed by atoms with E-state index < -0.39 is 23.2 Å². The first kappa shape index (κ1) is 15.1. The number of hydrogen-bond acceptors (Lipinski definition) is 1. The largest absolute Gasteiger partial charge is 0.417 e. The van der Waals surface area contributed by atoms with Crippen molar-refractivity contribution < 1.29 is 13.2 Å². The van der Waals surface area contributed by atoms with E-state index in [1.165, 1.54) is 23.7 Å². The molecule has 2 rings (SSSR count). The number of aryl methyl sites for hydroxylation is 1. The molecule has 1 aromatic carbocycles. The van der Waals surface area contributed by atoms with Crippen LogP contribution in [0.3, 0.4) is 0 Å². The number of rotatable bonds is 1. The van der Waals surface area contributed by atoms with Crippen LogP contribution in [0, 0.1) is 0 Å². The van der Waals surface area contributed by atoms with Gasteiger partial charge in [-0.15, -0.1) is 0 Å². The fourth-order valence-corrected chi connectivity index (χ4v) is 2.75. The van der Waals surface area contributed by atoms with Gasteiger partial charge in [-0.1, -0.05) is 29.8 Å². The van der Waals surface area contributed by atoms with E-state index in [4.69, 9.17) is 0 Å². The van der Waals surface area contributed by atoms with Gasteiger partial charge in [-0.25, -0.2) is 0 Å². The van der Waals surface area contributed by atoms with Crippen LogP contribution in [0.15, 0.2) is 27.5 Å². The van der Waals surface area contributed by atoms with E-state index in [0.29, 0.717) is 4.47 Å². The van der Waals surface area contributed by atoms with Crippen LogP contribution in [-0.4, -0.2) is 4.57 Å². The van der Waals surface area contributed by atoms with E-state index in [9.17, 15) is 18.0 Å². The first-order valence-corrected chi connectivity index (χ1v) is 6.83. The molecule has 108 valence electrons. The molecule has 0 bridgehead atoms. The van der Waals surface area contributed by atoms with Crippen molar-refractivity contribution in [1.29, 1.82) is 0 Å². The third-order valence-electron chi connectivity index (χ3n) is 3.25. The quantitative estimate of drug-likeness (QED) is 0.747. The molecule has 0 amide bonds. The van der Waals surface area contributed by atoms with E-state index in [0.717, 1.165) is 0 Å². The average Bonchev–Trinajstić information content (AvgIpc) is 2.31. The number of aromatic nitrogens is 1. The predicted octanol–water partition coefficient (Wildman–Crippen LogP) is 4.44. The lowest BCUT2D eigenvalue weighted by Crippen LogP contribution is -2.27. The zero-order valence-electron chi connectivity index (χ0n) is 11.2. The third kappa shape index (κ3) is 2.37. The Hall–Kier alpha value is -1.30. The number of pyridine rings is 1. The van der Waals surface area contributed by atoms with Gasteiger partial charge in [-0.3, -0.25) is 4.79 Å². The number of nitrogens with zero attached hydrogens (tertiary/aromatic N) is 1. The van der Waals surface area contributed by atoms with E-state index in [1.54, 1.807) is 19.9 Å². The zero-order chi connectivity index (χ0) is 15.2. The minimum absolute atomic E-state index is 0.0395. The first-order chi connectivity index (χ1) is 9.14. The molecule has 0 saturated carbocycles. The molecule has 0 fully saturated rings. The molecular formula is C14H13BrF3NO. The second kappa shape index (κ2) is 4.91. The summed E-state index contributed by atoms with van der Waals surface area (Å²) in [4.78, 5) is 12.2. The maximum atomic E-state index is 13.4. The van der Waals surface area contributed by atoms with Crippen molar-refractivity contribution in [3.63, 3.8) is 0 Å². The lowest BCUT2D eigenvalue weighted by atomic mass is 9.94. The maximum Gasteiger partial charge on any atom is 0.417 e. The molecule has 0 spiro atoms. The van der Waals surface area contributed by atoms with Crippen LogP contribution >= 0.6 is 15.9 Å². The molecule has 0 radical (unpaired) electrons. The van der Waals surface area contributed by atoms with Gasteiger partial charge in [-0.05, 0) is 24.1 Å². The van der Waals surface area contributed by atoms with Gasteiger partial charge in [-0.2, -0.15) is 13.2 Å². The van der Waals surface area contributed by atoms with Gasteiger partial charge in [0, 0.05) is 22.5 Å². The van der Waals surface area contributed by atoms with E-state index >= 15 is 0 Å². The number of benzene rings is 1. The molecule has 1 aromatic heterocycles. The Labute approximate surface area is 122 Å². The summed E-state index contributed by atoms with van der Waals surface area (Å²) in [5.41, 5.74) is -1.34. The predicted molar refractivity (Wildman–Crippen MR) is 76.0 cm³/mol. The summed E-state index contributed by atoms with van der Waals surface area (Å²) in [6.45, 7) is 3.19. The number of halogens is 4. The summed E-state index contributed by atoms with van der Waals surface area (Å²) in [6.07, 6.45) is -4.56. The molecule has 2 nitrogen and oxygen atoms in total. The molecule has 0 atom stereocenters. The Morgan fingerprint density at radius 3 is 2.35 bits per heavy atom. The van der Waals surface area contributed by atoms with E-state index in [2.05, 4.69) is 15.9 Å². The normalized spacial score (nSPS) is 12.4. The van der Waals surface area contributed by atoms with Crippen LogP contribution in [-0.2, 0) is 13.2 Å². The summed E-state index contributed by atoms with van der Waals surface area (Å²) in [5.74, 6) is -0.506. The fraction of sp³-hybridized carbons (Fsp3) is 0.357. The highest BCUT2D eigenvalue weighted by molar-refractivity contribution is 9.10. The highest BCUT2D eigenvalue weighted by Crippen LogP contribution is 2.39. The molecule has 0 unspecified atom stereocenters. The minimum atomic E-state index is -4.56. The summed E-state index contributed by atoms with van der Waals surface area (Å²) in [5, 5.41) is 0.0395. The average molecular weight is 348 g/mol. The Morgan fingerprint density at radius 1 is 1.25 bits per heavy atom. The smallest absolute Gasteiger partial charge is 0.311 e. The topological polar surface area (TPSA) is 22.0 Å². The molecule has 0 saturated heterocycles. The summed E-state index contributed by atoms with van der Waals surface area (Å²) < 4.78 is 42.1. The summed E-state index contributed by atoms with van der Waals surface area (Å²) in [6, 6.07) is 4.54. The van der Waals surface area contributed by atoms with Gasteiger partial charge in [0.25, 0.3) is 5.56 Å². The molecule has 20 heavy (non-hydrogen) atoms. The first-order valence-electron chi connectivity index (χ1n) is 6.04. The van der Waals surface area contributed by atoms with Gasteiger partial charge in [0.05, 0.1) is 11.1 Å². The monoisotopic (exact) mass is 347 g/mol. The van der Waals surface area contributed by atoms with E-state index in [-0.39, 0.29) is 16.5 Å². The van der Waals surface area contributed by atoms with Crippen LogP contribution in [0.2, 0.25) is 0 Å². The van der Waals surface area contributed by atoms with Crippen LogP contribution in [0.1, 0.15) is 30.9 Å². The molecule has 0 aliphatic carbocycles. The van der Waals surface area contributed by atoms with E-state index in [1.807, 2.05) is 0 Å². The second-order valence-corrected chi connectivity index (χ2v) is 5.88. The van der Waals surface area contributed by atoms with Crippen molar-refractivity contribution in [2.45, 2.75) is 25.9 Å². The van der Waals surface area contributed by atoms with Gasteiger partial charge in [0.2, 0.25) is 0 Å². The van der Waals surface area contributed by atoms with Crippen molar-refractivity contribution in [3.8, 4) is 0 Å². The molecule has 0 N–H and O–H groups in total. The van der Waals surface area contributed by atoms with Gasteiger partial charge >= 0.3 is 6.18 Å². The van der Waals surface area contributed by atoms with Crippen LogP contribution in [0.4, 0.5) is 13.2 Å². The van der Waals surface area contributed by atoms with Gasteiger partial charge in [0.1, 0.15) is 0 Å². The molecule has 1 heterocycles. The Morgan fingerprint density at radius 2 is 1.85 bits per heavy atom. The lowest BCUT2D eigenvalue weighted by molar-refractivity contribution is -0.137. The fourth-order valence-electron chi connectivity index (χ4n) is 2.38. The highest BCUT2D eigenvalue weighted by atomic mass is 79.9. The van der Waals surface area contributed by atoms with Crippen molar-refractivity contribution in [2.75, 3.05) is 0 Å². The highest BCUT2D eigenvalue weighted by Gasteiger charge is 2.38. The minimum Gasteiger partial charge on any atom is -0.311 e. The number of alkyl halides is 3.